The van der Waals surface area contributed by atoms with Gasteiger partial charge in [0.1, 0.15) is 6.04 Å². The minimum absolute atomic E-state index is 0.415. The molecule has 22 heavy (non-hydrogen) atoms. The molecule has 4 nitrogen and oxygen atoms in total. The van der Waals surface area contributed by atoms with Gasteiger partial charge in [0.2, 0.25) is 0 Å². The highest BCUT2D eigenvalue weighted by molar-refractivity contribution is 5.76. The molecule has 0 amide bonds. The van der Waals surface area contributed by atoms with Gasteiger partial charge in [0.25, 0.3) is 0 Å². The first-order valence-corrected chi connectivity index (χ1v) is 8.29. The Balaban J connectivity index is 1.93. The molecule has 1 atom stereocenters. The normalized spacial score (nSPS) is 20.8. The largest absolute Gasteiger partial charge is 0.480 e. The molecule has 1 heterocycles. The third-order valence-corrected chi connectivity index (χ3v) is 4.88. The van der Waals surface area contributed by atoms with Gasteiger partial charge < -0.3 is 15.2 Å². The molecule has 0 unspecified atom stereocenters. The third kappa shape index (κ3) is 3.50. The van der Waals surface area contributed by atoms with Crippen molar-refractivity contribution in [2.75, 3.05) is 20.3 Å². The standard InChI is InChI=1S/C18H25NO3/c1-19-17(18(20)21)15-5-4-13(10-12-2-3-12)11-16(15)14-6-8-22-9-7-14/h4-5,11-12,14,17,19H,2-3,6-10H2,1H3,(H,20,21)/t17-/m1/s1. The molecule has 120 valence electrons. The van der Waals surface area contributed by atoms with Crippen LogP contribution in [-0.4, -0.2) is 31.3 Å². The highest BCUT2D eigenvalue weighted by atomic mass is 16.5. The molecule has 4 heteroatoms. The number of hydrogen-bond acceptors (Lipinski definition) is 3. The van der Waals surface area contributed by atoms with Gasteiger partial charge in [0.05, 0.1) is 0 Å². The molecular formula is C18H25NO3. The van der Waals surface area contributed by atoms with Crippen LogP contribution in [0.1, 0.15) is 54.3 Å². The number of ether oxygens (including phenoxy) is 1. The Kier molecular flexibility index (Phi) is 4.79. The van der Waals surface area contributed by atoms with E-state index in [1.807, 2.05) is 6.07 Å². The Morgan fingerprint density at radius 3 is 2.64 bits per heavy atom. The van der Waals surface area contributed by atoms with E-state index in [1.165, 1.54) is 24.0 Å². The maximum Gasteiger partial charge on any atom is 0.325 e. The van der Waals surface area contributed by atoms with Crippen LogP contribution < -0.4 is 5.32 Å². The van der Waals surface area contributed by atoms with Gasteiger partial charge in [-0.1, -0.05) is 18.2 Å². The van der Waals surface area contributed by atoms with Crippen molar-refractivity contribution in [1.29, 1.82) is 0 Å². The number of aliphatic carboxylic acids is 1. The average molecular weight is 303 g/mol. The fourth-order valence-corrected chi connectivity index (χ4v) is 3.44. The van der Waals surface area contributed by atoms with Crippen LogP contribution in [0.3, 0.4) is 0 Å². The molecule has 1 aromatic carbocycles. The summed E-state index contributed by atoms with van der Waals surface area (Å²) in [5.74, 6) is 0.441. The first-order valence-electron chi connectivity index (χ1n) is 8.29. The molecule has 1 aliphatic heterocycles. The first kappa shape index (κ1) is 15.5. The van der Waals surface area contributed by atoms with Crippen LogP contribution in [-0.2, 0) is 16.0 Å². The van der Waals surface area contributed by atoms with Gasteiger partial charge in [-0.25, -0.2) is 0 Å². The lowest BCUT2D eigenvalue weighted by molar-refractivity contribution is -0.139. The lowest BCUT2D eigenvalue weighted by atomic mass is 9.84. The second-order valence-corrected chi connectivity index (χ2v) is 6.56. The molecule has 0 radical (unpaired) electrons. The van der Waals surface area contributed by atoms with Crippen LogP contribution in [0.2, 0.25) is 0 Å². The van der Waals surface area contributed by atoms with Crippen molar-refractivity contribution in [2.45, 2.75) is 44.1 Å². The summed E-state index contributed by atoms with van der Waals surface area (Å²) in [6.07, 6.45) is 5.77. The van der Waals surface area contributed by atoms with Crippen molar-refractivity contribution in [3.8, 4) is 0 Å². The topological polar surface area (TPSA) is 58.6 Å². The summed E-state index contributed by atoms with van der Waals surface area (Å²) in [5, 5.41) is 12.4. The van der Waals surface area contributed by atoms with E-state index in [0.29, 0.717) is 5.92 Å². The number of rotatable bonds is 6. The van der Waals surface area contributed by atoms with E-state index in [0.717, 1.165) is 44.0 Å². The maximum absolute atomic E-state index is 11.6. The van der Waals surface area contributed by atoms with Crippen LogP contribution >= 0.6 is 0 Å². The highest BCUT2D eigenvalue weighted by Crippen LogP contribution is 2.36. The second-order valence-electron chi connectivity index (χ2n) is 6.56. The summed E-state index contributed by atoms with van der Waals surface area (Å²) in [4.78, 5) is 11.6. The van der Waals surface area contributed by atoms with E-state index in [-0.39, 0.29) is 0 Å². The predicted molar refractivity (Wildman–Crippen MR) is 85.1 cm³/mol. The van der Waals surface area contributed by atoms with Crippen molar-refractivity contribution in [3.63, 3.8) is 0 Å². The van der Waals surface area contributed by atoms with E-state index < -0.39 is 12.0 Å². The SMILES string of the molecule is CN[C@@H](C(=O)O)c1ccc(CC2CC2)cc1C1CCOCC1. The van der Waals surface area contributed by atoms with Crippen LogP contribution in [0.4, 0.5) is 0 Å². The number of nitrogens with one attached hydrogen (secondary N) is 1. The molecule has 1 aliphatic carbocycles. The molecule has 2 aliphatic rings. The summed E-state index contributed by atoms with van der Waals surface area (Å²) in [6.45, 7) is 1.54. The maximum atomic E-state index is 11.6. The zero-order chi connectivity index (χ0) is 15.5. The molecule has 0 spiro atoms. The van der Waals surface area contributed by atoms with Crippen LogP contribution in [0.5, 0.6) is 0 Å². The van der Waals surface area contributed by atoms with Gasteiger partial charge in [0, 0.05) is 13.2 Å². The first-order chi connectivity index (χ1) is 10.7. The van der Waals surface area contributed by atoms with E-state index >= 15 is 0 Å². The summed E-state index contributed by atoms with van der Waals surface area (Å²) in [6, 6.07) is 5.77. The van der Waals surface area contributed by atoms with Gasteiger partial charge in [-0.15, -0.1) is 0 Å². The van der Waals surface area contributed by atoms with Crippen molar-refractivity contribution >= 4 is 5.97 Å². The lowest BCUT2D eigenvalue weighted by Gasteiger charge is -2.27. The van der Waals surface area contributed by atoms with Crippen LogP contribution in [0.25, 0.3) is 0 Å². The zero-order valence-corrected chi connectivity index (χ0v) is 13.2. The molecule has 2 fully saturated rings. The van der Waals surface area contributed by atoms with Crippen molar-refractivity contribution in [1.82, 2.24) is 5.32 Å². The fourth-order valence-electron chi connectivity index (χ4n) is 3.44. The Hall–Kier alpha value is -1.39. The van der Waals surface area contributed by atoms with Crippen LogP contribution in [0.15, 0.2) is 18.2 Å². The summed E-state index contributed by atoms with van der Waals surface area (Å²) in [7, 11) is 1.71. The van der Waals surface area contributed by atoms with Gasteiger partial charge >= 0.3 is 5.97 Å². The molecule has 1 saturated carbocycles. The number of carboxylic acid groups (broad SMARTS) is 1. The number of carbonyl (C=O) groups is 1. The molecular weight excluding hydrogens is 278 g/mol. The molecule has 0 bridgehead atoms. The zero-order valence-electron chi connectivity index (χ0n) is 13.2. The van der Waals surface area contributed by atoms with Gasteiger partial charge in [0.15, 0.2) is 0 Å². The van der Waals surface area contributed by atoms with Gasteiger partial charge in [-0.05, 0) is 67.7 Å². The summed E-state index contributed by atoms with van der Waals surface area (Å²) in [5.41, 5.74) is 3.48. The molecule has 3 rings (SSSR count). The predicted octanol–water partition coefficient (Wildman–Crippen LogP) is 2.88. The molecule has 2 N–H and O–H groups in total. The Bertz CT molecular complexity index is 533. The van der Waals surface area contributed by atoms with Crippen molar-refractivity contribution < 1.29 is 14.6 Å². The van der Waals surface area contributed by atoms with Crippen molar-refractivity contribution in [3.05, 3.63) is 34.9 Å². The molecule has 0 aromatic heterocycles. The third-order valence-electron chi connectivity index (χ3n) is 4.88. The monoisotopic (exact) mass is 303 g/mol. The minimum atomic E-state index is -0.814. The van der Waals surface area contributed by atoms with E-state index in [9.17, 15) is 9.90 Å². The second kappa shape index (κ2) is 6.80. The molecule has 1 saturated heterocycles. The summed E-state index contributed by atoms with van der Waals surface area (Å²) < 4.78 is 5.47. The Morgan fingerprint density at radius 1 is 1.32 bits per heavy atom. The molecule has 1 aromatic rings. The highest BCUT2D eigenvalue weighted by Gasteiger charge is 2.27. The van der Waals surface area contributed by atoms with Crippen molar-refractivity contribution in [2.24, 2.45) is 5.92 Å². The number of carboxylic acids is 1. The number of hydrogen-bond donors (Lipinski definition) is 2. The van der Waals surface area contributed by atoms with E-state index in [4.69, 9.17) is 4.74 Å². The van der Waals surface area contributed by atoms with Crippen LogP contribution in [0, 0.1) is 5.92 Å². The Labute approximate surface area is 131 Å². The Morgan fingerprint density at radius 2 is 2.05 bits per heavy atom. The smallest absolute Gasteiger partial charge is 0.325 e. The van der Waals surface area contributed by atoms with Gasteiger partial charge in [-0.2, -0.15) is 0 Å². The quantitative estimate of drug-likeness (QED) is 0.848. The fraction of sp³-hybridized carbons (Fsp3) is 0.611. The van der Waals surface area contributed by atoms with E-state index in [2.05, 4.69) is 17.4 Å². The van der Waals surface area contributed by atoms with E-state index in [1.54, 1.807) is 7.05 Å². The number of likely N-dealkylation sites (N-methyl/N-ethyl adjacent to an activating group) is 1. The average Bonchev–Trinajstić information content (AvgIpc) is 3.34. The minimum Gasteiger partial charge on any atom is -0.480 e. The number of benzene rings is 1. The summed E-state index contributed by atoms with van der Waals surface area (Å²) >= 11 is 0. The lowest BCUT2D eigenvalue weighted by Crippen LogP contribution is -2.27. The van der Waals surface area contributed by atoms with Gasteiger partial charge in [-0.3, -0.25) is 4.79 Å².